The monoisotopic (exact) mass is 326 g/mol. The number of hydrogen-bond donors (Lipinski definition) is 1. The quantitative estimate of drug-likeness (QED) is 0.781. The molecular formula is C17H21F3N2O. The third-order valence-electron chi connectivity index (χ3n) is 3.64. The van der Waals surface area contributed by atoms with E-state index in [1.165, 1.54) is 12.1 Å². The first-order chi connectivity index (χ1) is 10.9. The van der Waals surface area contributed by atoms with E-state index in [4.69, 9.17) is 4.74 Å². The highest BCUT2D eigenvalue weighted by Crippen LogP contribution is 2.27. The Morgan fingerprint density at radius 3 is 2.78 bits per heavy atom. The zero-order valence-corrected chi connectivity index (χ0v) is 13.2. The number of nitrogens with zero attached hydrogens (tertiary/aromatic N) is 1. The first-order valence-electron chi connectivity index (χ1n) is 7.47. The van der Waals surface area contributed by atoms with Crippen LogP contribution in [-0.4, -0.2) is 17.7 Å². The van der Waals surface area contributed by atoms with Gasteiger partial charge in [-0.3, -0.25) is 0 Å². The fourth-order valence-corrected chi connectivity index (χ4v) is 2.61. The average molecular weight is 326 g/mol. The molecule has 0 spiro atoms. The second kappa shape index (κ2) is 7.55. The average Bonchev–Trinajstić information content (AvgIpc) is 2.46. The number of benzene rings is 1. The van der Waals surface area contributed by atoms with Crippen LogP contribution in [0, 0.1) is 5.82 Å². The number of allylic oxidation sites excluding steroid dienone is 1. The molecule has 3 nitrogen and oxygen atoms in total. The lowest BCUT2D eigenvalue weighted by Crippen LogP contribution is -2.44. The molecule has 1 heterocycles. The number of alkyl halides is 2. The third kappa shape index (κ3) is 4.28. The maximum absolute atomic E-state index is 14.2. The van der Waals surface area contributed by atoms with Gasteiger partial charge in [0.1, 0.15) is 17.7 Å². The van der Waals surface area contributed by atoms with Gasteiger partial charge in [-0.15, -0.1) is 6.58 Å². The Bertz CT molecular complexity index is 589. The zero-order valence-electron chi connectivity index (χ0n) is 13.2. The number of rotatable bonds is 6. The van der Waals surface area contributed by atoms with Gasteiger partial charge in [-0.25, -0.2) is 18.6 Å². The van der Waals surface area contributed by atoms with Gasteiger partial charge >= 0.3 is 0 Å². The van der Waals surface area contributed by atoms with Gasteiger partial charge in [0.2, 0.25) is 0 Å². The van der Waals surface area contributed by atoms with Crippen molar-refractivity contribution in [1.29, 1.82) is 0 Å². The summed E-state index contributed by atoms with van der Waals surface area (Å²) in [4.78, 5) is 0. The summed E-state index contributed by atoms with van der Waals surface area (Å²) in [7, 11) is 0. The first-order valence-corrected chi connectivity index (χ1v) is 7.47. The Hall–Kier alpha value is -1.95. The standard InChI is InChI=1S/C17H21F3N2O/c1-4-6-13-10-22(9-11(2)23-13)21-12(3)14-7-5-8-15(16(14)18)17(19)20/h4-5,7-9,12-13,17,21H,1,6,10H2,2-3H3/t12?,13-/m1/s1. The van der Waals surface area contributed by atoms with E-state index in [1.54, 1.807) is 24.2 Å². The summed E-state index contributed by atoms with van der Waals surface area (Å²) in [5, 5.41) is 1.80. The Labute approximate surface area is 134 Å². The minimum Gasteiger partial charge on any atom is -0.491 e. The number of halogens is 3. The third-order valence-corrected chi connectivity index (χ3v) is 3.64. The normalized spacial score (nSPS) is 19.3. The van der Waals surface area contributed by atoms with Crippen LogP contribution < -0.4 is 5.43 Å². The lowest BCUT2D eigenvalue weighted by molar-refractivity contribution is 0.0392. The summed E-state index contributed by atoms with van der Waals surface area (Å²) >= 11 is 0. The maximum Gasteiger partial charge on any atom is 0.266 e. The molecule has 6 heteroatoms. The molecule has 0 saturated carbocycles. The zero-order chi connectivity index (χ0) is 17.0. The molecular weight excluding hydrogens is 305 g/mol. The van der Waals surface area contributed by atoms with E-state index < -0.39 is 23.8 Å². The van der Waals surface area contributed by atoms with Crippen LogP contribution in [0.4, 0.5) is 13.2 Å². The van der Waals surface area contributed by atoms with Crippen molar-refractivity contribution in [1.82, 2.24) is 10.4 Å². The predicted molar refractivity (Wildman–Crippen MR) is 83.1 cm³/mol. The largest absolute Gasteiger partial charge is 0.491 e. The molecule has 0 radical (unpaired) electrons. The van der Waals surface area contributed by atoms with E-state index in [0.29, 0.717) is 13.0 Å². The second-order valence-electron chi connectivity index (χ2n) is 5.56. The SMILES string of the molecule is C=CC[C@@H]1CN(NC(C)c2cccc(C(F)F)c2F)C=C(C)O1. The molecule has 23 heavy (non-hydrogen) atoms. The first kappa shape index (κ1) is 17.4. The van der Waals surface area contributed by atoms with Crippen molar-refractivity contribution >= 4 is 0 Å². The van der Waals surface area contributed by atoms with E-state index in [-0.39, 0.29) is 11.7 Å². The molecule has 0 bridgehead atoms. The topological polar surface area (TPSA) is 24.5 Å². The van der Waals surface area contributed by atoms with Crippen molar-refractivity contribution in [2.24, 2.45) is 0 Å². The molecule has 1 aromatic carbocycles. The molecule has 1 aliphatic heterocycles. The molecule has 0 saturated heterocycles. The lowest BCUT2D eigenvalue weighted by Gasteiger charge is -2.34. The van der Waals surface area contributed by atoms with Gasteiger partial charge in [0.05, 0.1) is 24.4 Å². The molecule has 0 fully saturated rings. The highest BCUT2D eigenvalue weighted by molar-refractivity contribution is 5.29. The van der Waals surface area contributed by atoms with Gasteiger partial charge < -0.3 is 9.75 Å². The van der Waals surface area contributed by atoms with Crippen molar-refractivity contribution in [3.05, 3.63) is 59.8 Å². The smallest absolute Gasteiger partial charge is 0.266 e. The fraction of sp³-hybridized carbons (Fsp3) is 0.412. The minimum atomic E-state index is -2.83. The van der Waals surface area contributed by atoms with Gasteiger partial charge in [0.25, 0.3) is 6.43 Å². The highest BCUT2D eigenvalue weighted by Gasteiger charge is 2.23. The van der Waals surface area contributed by atoms with E-state index in [1.807, 2.05) is 6.92 Å². The van der Waals surface area contributed by atoms with Crippen LogP contribution in [0.15, 0.2) is 42.8 Å². The molecule has 1 unspecified atom stereocenters. The van der Waals surface area contributed by atoms with Gasteiger partial charge in [0.15, 0.2) is 0 Å². The van der Waals surface area contributed by atoms with E-state index in [0.717, 1.165) is 11.8 Å². The summed E-state index contributed by atoms with van der Waals surface area (Å²) in [5.74, 6) is -0.135. The van der Waals surface area contributed by atoms with E-state index in [9.17, 15) is 13.2 Å². The van der Waals surface area contributed by atoms with Crippen LogP contribution >= 0.6 is 0 Å². The van der Waals surface area contributed by atoms with Crippen LogP contribution in [0.25, 0.3) is 0 Å². The molecule has 1 N–H and O–H groups in total. The van der Waals surface area contributed by atoms with Gasteiger partial charge in [-0.2, -0.15) is 0 Å². The molecule has 2 atom stereocenters. The van der Waals surface area contributed by atoms with Crippen molar-refractivity contribution < 1.29 is 17.9 Å². The summed E-state index contributed by atoms with van der Waals surface area (Å²) in [5.41, 5.74) is 2.75. The molecule has 0 aliphatic carbocycles. The lowest BCUT2D eigenvalue weighted by atomic mass is 10.0. The summed E-state index contributed by atoms with van der Waals surface area (Å²) in [6.07, 6.45) is 1.35. The maximum atomic E-state index is 14.2. The minimum absolute atomic E-state index is 0.0468. The molecule has 0 amide bonds. The Morgan fingerprint density at radius 1 is 1.43 bits per heavy atom. The second-order valence-corrected chi connectivity index (χ2v) is 5.56. The summed E-state index contributed by atoms with van der Waals surface area (Å²) in [6.45, 7) is 7.81. The number of ether oxygens (including phenoxy) is 1. The van der Waals surface area contributed by atoms with Crippen LogP contribution in [0.3, 0.4) is 0 Å². The highest BCUT2D eigenvalue weighted by atomic mass is 19.3. The van der Waals surface area contributed by atoms with E-state index in [2.05, 4.69) is 12.0 Å². The van der Waals surface area contributed by atoms with E-state index >= 15 is 0 Å². The van der Waals surface area contributed by atoms with Crippen LogP contribution in [0.2, 0.25) is 0 Å². The van der Waals surface area contributed by atoms with Crippen molar-refractivity contribution in [2.45, 2.75) is 38.8 Å². The molecule has 1 aliphatic rings. The summed E-state index contributed by atoms with van der Waals surface area (Å²) < 4.78 is 45.5. The molecule has 1 aromatic rings. The van der Waals surface area contributed by atoms with Crippen LogP contribution in [0.1, 0.15) is 43.9 Å². The van der Waals surface area contributed by atoms with Crippen LogP contribution in [0.5, 0.6) is 0 Å². The molecule has 0 aromatic heterocycles. The van der Waals surface area contributed by atoms with Crippen LogP contribution in [-0.2, 0) is 4.74 Å². The Kier molecular flexibility index (Phi) is 5.71. The van der Waals surface area contributed by atoms with Crippen molar-refractivity contribution in [3.8, 4) is 0 Å². The predicted octanol–water partition coefficient (Wildman–Crippen LogP) is 4.47. The number of hydrogen-bond acceptors (Lipinski definition) is 3. The molecule has 126 valence electrons. The summed E-state index contributed by atoms with van der Waals surface area (Å²) in [6, 6.07) is 3.60. The number of nitrogens with one attached hydrogen (secondary N) is 1. The number of hydrazine groups is 1. The van der Waals surface area contributed by atoms with Gasteiger partial charge in [-0.1, -0.05) is 24.3 Å². The van der Waals surface area contributed by atoms with Crippen molar-refractivity contribution in [2.75, 3.05) is 6.54 Å². The van der Waals surface area contributed by atoms with Gasteiger partial charge in [-0.05, 0) is 13.8 Å². The van der Waals surface area contributed by atoms with Crippen molar-refractivity contribution in [3.63, 3.8) is 0 Å². The Morgan fingerprint density at radius 2 is 2.13 bits per heavy atom. The fourth-order valence-electron chi connectivity index (χ4n) is 2.61. The Balaban J connectivity index is 2.13. The van der Waals surface area contributed by atoms with Gasteiger partial charge in [0, 0.05) is 12.0 Å². The molecule has 2 rings (SSSR count).